The molecule has 0 fully saturated rings. The summed E-state index contributed by atoms with van der Waals surface area (Å²) in [5.41, 5.74) is 2.40. The molecule has 0 bridgehead atoms. The molecule has 1 aromatic carbocycles. The van der Waals surface area contributed by atoms with E-state index in [2.05, 4.69) is 21.5 Å². The summed E-state index contributed by atoms with van der Waals surface area (Å²) < 4.78 is 7.11. The Bertz CT molecular complexity index is 394. The van der Waals surface area contributed by atoms with Gasteiger partial charge in [0.2, 0.25) is 0 Å². The van der Waals surface area contributed by atoms with Crippen molar-refractivity contribution in [2.24, 2.45) is 5.92 Å². The molecule has 1 heterocycles. The van der Waals surface area contributed by atoms with Crippen LogP contribution in [0.5, 0.6) is 0 Å². The highest BCUT2D eigenvalue weighted by Crippen LogP contribution is 2.32. The summed E-state index contributed by atoms with van der Waals surface area (Å²) in [7, 11) is 2.66. The van der Waals surface area contributed by atoms with Gasteiger partial charge in [-0.15, -0.1) is 0 Å². The lowest BCUT2D eigenvalue weighted by Gasteiger charge is -2.31. The smallest absolute Gasteiger partial charge is 0.311 e. The maximum absolute atomic E-state index is 11.7. The van der Waals surface area contributed by atoms with Gasteiger partial charge in [-0.25, -0.2) is 0 Å². The lowest BCUT2D eigenvalue weighted by Crippen LogP contribution is -2.34. The second-order valence-electron chi connectivity index (χ2n) is 3.93. The van der Waals surface area contributed by atoms with Crippen LogP contribution in [0.1, 0.15) is 12.5 Å². The SMILES string of the molecule is CCOC(=O)C1Cc2ccccc2N(P)C1. The predicted octanol–water partition coefficient (Wildman–Crippen LogP) is 2.02. The number of carbonyl (C=O) groups is 1. The van der Waals surface area contributed by atoms with E-state index in [1.165, 1.54) is 11.3 Å². The van der Waals surface area contributed by atoms with Crippen molar-refractivity contribution in [3.05, 3.63) is 29.8 Å². The summed E-state index contributed by atoms with van der Waals surface area (Å²) in [5.74, 6) is -0.142. The van der Waals surface area contributed by atoms with Crippen LogP contribution < -0.4 is 4.67 Å². The highest BCUT2D eigenvalue weighted by molar-refractivity contribution is 7.19. The lowest BCUT2D eigenvalue weighted by molar-refractivity contribution is -0.147. The molecule has 2 atom stereocenters. The second-order valence-corrected chi connectivity index (χ2v) is 4.56. The van der Waals surface area contributed by atoms with E-state index in [0.717, 1.165) is 6.42 Å². The van der Waals surface area contributed by atoms with Crippen molar-refractivity contribution in [2.45, 2.75) is 13.3 Å². The standard InChI is InChI=1S/C12H16NO2P/c1-2-15-12(14)10-7-9-5-3-4-6-11(9)13(16)8-10/h3-6,10H,2,7-8,16H2,1H3. The normalized spacial score (nSPS) is 19.1. The van der Waals surface area contributed by atoms with Gasteiger partial charge in [-0.05, 0) is 34.4 Å². The van der Waals surface area contributed by atoms with Crippen molar-refractivity contribution in [3.63, 3.8) is 0 Å². The number of hydrogen-bond donors (Lipinski definition) is 0. The van der Waals surface area contributed by atoms with E-state index in [4.69, 9.17) is 4.74 Å². The maximum atomic E-state index is 11.7. The van der Waals surface area contributed by atoms with Crippen molar-refractivity contribution < 1.29 is 9.53 Å². The minimum absolute atomic E-state index is 0.0488. The van der Waals surface area contributed by atoms with Crippen LogP contribution in [-0.2, 0) is 16.0 Å². The first kappa shape index (κ1) is 11.4. The number of fused-ring (bicyclic) bond motifs is 1. The molecule has 0 aromatic heterocycles. The fourth-order valence-electron chi connectivity index (χ4n) is 2.05. The average Bonchev–Trinajstić information content (AvgIpc) is 2.29. The summed E-state index contributed by atoms with van der Waals surface area (Å²) in [6.07, 6.45) is 0.778. The maximum Gasteiger partial charge on any atom is 0.311 e. The van der Waals surface area contributed by atoms with Crippen molar-refractivity contribution in [3.8, 4) is 0 Å². The quantitative estimate of drug-likeness (QED) is 0.582. The van der Waals surface area contributed by atoms with Crippen molar-refractivity contribution in [1.82, 2.24) is 0 Å². The molecule has 0 saturated carbocycles. The third-order valence-electron chi connectivity index (χ3n) is 2.80. The predicted molar refractivity (Wildman–Crippen MR) is 67.3 cm³/mol. The number of esters is 1. The zero-order chi connectivity index (χ0) is 11.5. The number of benzene rings is 1. The molecule has 1 aliphatic heterocycles. The summed E-state index contributed by atoms with van der Waals surface area (Å²) >= 11 is 0. The Morgan fingerprint density at radius 2 is 2.31 bits per heavy atom. The van der Waals surface area contributed by atoms with E-state index in [-0.39, 0.29) is 11.9 Å². The molecule has 2 rings (SSSR count). The number of anilines is 1. The third-order valence-corrected chi connectivity index (χ3v) is 3.29. The molecule has 2 unspecified atom stereocenters. The summed E-state index contributed by atoms with van der Waals surface area (Å²) in [6.45, 7) is 3.00. The van der Waals surface area contributed by atoms with E-state index >= 15 is 0 Å². The zero-order valence-electron chi connectivity index (χ0n) is 9.35. The molecule has 4 heteroatoms. The van der Waals surface area contributed by atoms with Gasteiger partial charge in [0.15, 0.2) is 0 Å². The summed E-state index contributed by atoms with van der Waals surface area (Å²) in [5, 5.41) is 0. The van der Waals surface area contributed by atoms with E-state index < -0.39 is 0 Å². The molecule has 3 nitrogen and oxygen atoms in total. The fraction of sp³-hybridized carbons (Fsp3) is 0.417. The van der Waals surface area contributed by atoms with Gasteiger partial charge >= 0.3 is 5.97 Å². The molecule has 0 aliphatic carbocycles. The van der Waals surface area contributed by atoms with Gasteiger partial charge in [0.1, 0.15) is 0 Å². The number of rotatable bonds is 2. The highest BCUT2D eigenvalue weighted by atomic mass is 31.0. The minimum atomic E-state index is -0.0931. The molecule has 1 aliphatic rings. The monoisotopic (exact) mass is 237 g/mol. The van der Waals surface area contributed by atoms with Crippen LogP contribution in [0.15, 0.2) is 24.3 Å². The van der Waals surface area contributed by atoms with Crippen LogP contribution in [0, 0.1) is 5.92 Å². The molecular formula is C12H16NO2P. The topological polar surface area (TPSA) is 29.5 Å². The van der Waals surface area contributed by atoms with Crippen LogP contribution in [0.25, 0.3) is 0 Å². The highest BCUT2D eigenvalue weighted by Gasteiger charge is 2.28. The van der Waals surface area contributed by atoms with Gasteiger partial charge in [0, 0.05) is 12.2 Å². The van der Waals surface area contributed by atoms with E-state index in [1.807, 2.05) is 23.7 Å². The Kier molecular flexibility index (Phi) is 3.45. The van der Waals surface area contributed by atoms with Gasteiger partial charge in [-0.3, -0.25) is 4.79 Å². The molecule has 0 spiro atoms. The Morgan fingerprint density at radius 1 is 1.56 bits per heavy atom. The third kappa shape index (κ3) is 2.19. The van der Waals surface area contributed by atoms with Crippen LogP contribution in [0.3, 0.4) is 0 Å². The lowest BCUT2D eigenvalue weighted by atomic mass is 9.94. The van der Waals surface area contributed by atoms with Crippen molar-refractivity contribution in [2.75, 3.05) is 17.8 Å². The Balaban J connectivity index is 2.18. The molecule has 0 radical (unpaired) electrons. The molecule has 1 aromatic rings. The van der Waals surface area contributed by atoms with E-state index in [0.29, 0.717) is 13.2 Å². The molecular weight excluding hydrogens is 221 g/mol. The summed E-state index contributed by atoms with van der Waals surface area (Å²) in [6, 6.07) is 8.16. The first-order valence-electron chi connectivity index (χ1n) is 5.49. The van der Waals surface area contributed by atoms with E-state index in [9.17, 15) is 4.79 Å². The zero-order valence-corrected chi connectivity index (χ0v) is 10.5. The molecule has 0 amide bonds. The van der Waals surface area contributed by atoms with Gasteiger partial charge in [-0.2, -0.15) is 0 Å². The minimum Gasteiger partial charge on any atom is -0.466 e. The molecule has 86 valence electrons. The number of ether oxygens (including phenoxy) is 1. The number of carbonyl (C=O) groups excluding carboxylic acids is 1. The first-order valence-corrected chi connectivity index (χ1v) is 6.00. The first-order chi connectivity index (χ1) is 7.72. The van der Waals surface area contributed by atoms with Gasteiger partial charge in [-0.1, -0.05) is 18.2 Å². The number of para-hydroxylation sites is 1. The molecule has 16 heavy (non-hydrogen) atoms. The van der Waals surface area contributed by atoms with Crippen LogP contribution in [0.4, 0.5) is 5.69 Å². The Labute approximate surface area is 98.0 Å². The van der Waals surface area contributed by atoms with Crippen LogP contribution in [-0.4, -0.2) is 19.1 Å². The second kappa shape index (κ2) is 4.84. The Morgan fingerprint density at radius 3 is 3.06 bits per heavy atom. The van der Waals surface area contributed by atoms with E-state index in [1.54, 1.807) is 0 Å². The van der Waals surface area contributed by atoms with Crippen LogP contribution in [0.2, 0.25) is 0 Å². The van der Waals surface area contributed by atoms with Crippen molar-refractivity contribution >= 4 is 21.0 Å². The molecule has 0 N–H and O–H groups in total. The number of hydrogen-bond acceptors (Lipinski definition) is 3. The van der Waals surface area contributed by atoms with Gasteiger partial charge < -0.3 is 9.41 Å². The Hall–Kier alpha value is -1.08. The van der Waals surface area contributed by atoms with Gasteiger partial charge in [0.05, 0.1) is 12.5 Å². The van der Waals surface area contributed by atoms with Crippen LogP contribution >= 0.6 is 9.39 Å². The molecule has 0 saturated heterocycles. The number of nitrogens with zero attached hydrogens (tertiary/aromatic N) is 1. The van der Waals surface area contributed by atoms with Crippen molar-refractivity contribution in [1.29, 1.82) is 0 Å². The van der Waals surface area contributed by atoms with Gasteiger partial charge in [0.25, 0.3) is 0 Å². The largest absolute Gasteiger partial charge is 0.466 e. The average molecular weight is 237 g/mol. The fourth-order valence-corrected chi connectivity index (χ4v) is 2.55. The summed E-state index contributed by atoms with van der Waals surface area (Å²) in [4.78, 5) is 11.7.